The third-order valence-electron chi connectivity index (χ3n) is 5.76. The maximum absolute atomic E-state index is 4.67. The second kappa shape index (κ2) is 9.65. The highest BCUT2D eigenvalue weighted by molar-refractivity contribution is 5.65. The Hall–Kier alpha value is -3.66. The fourth-order valence-electron chi connectivity index (χ4n) is 3.94. The van der Waals surface area contributed by atoms with Crippen LogP contribution in [0.1, 0.15) is 30.3 Å². The Balaban J connectivity index is 1.34. The average molecular weight is 423 g/mol. The molecule has 1 aromatic carbocycles. The summed E-state index contributed by atoms with van der Waals surface area (Å²) in [4.78, 5) is 11.2. The van der Waals surface area contributed by atoms with Crippen molar-refractivity contribution in [3.8, 4) is 11.1 Å². The Kier molecular flexibility index (Phi) is 6.50. The van der Waals surface area contributed by atoms with Gasteiger partial charge < -0.3 is 10.2 Å². The number of nitrogens with zero attached hydrogens (tertiary/aromatic N) is 3. The largest absolute Gasteiger partial charge is 0.371 e. The van der Waals surface area contributed by atoms with Crippen LogP contribution in [0.4, 0.5) is 5.69 Å². The van der Waals surface area contributed by atoms with Crippen molar-refractivity contribution in [3.63, 3.8) is 0 Å². The summed E-state index contributed by atoms with van der Waals surface area (Å²) in [6.45, 7) is 14.2. The molecule has 0 fully saturated rings. The summed E-state index contributed by atoms with van der Waals surface area (Å²) in [6.07, 6.45) is 7.75. The quantitative estimate of drug-likeness (QED) is 0.489. The molecule has 3 heterocycles. The number of aromatic nitrogens is 2. The first-order valence-electron chi connectivity index (χ1n) is 11.0. The maximum atomic E-state index is 4.67. The van der Waals surface area contributed by atoms with Gasteiger partial charge in [0, 0.05) is 42.8 Å². The lowest BCUT2D eigenvalue weighted by Crippen LogP contribution is -2.26. The molecule has 162 valence electrons. The zero-order valence-corrected chi connectivity index (χ0v) is 18.9. The van der Waals surface area contributed by atoms with E-state index in [0.29, 0.717) is 0 Å². The molecular formula is C28H30N4. The van der Waals surface area contributed by atoms with E-state index in [9.17, 15) is 0 Å². The Bertz CT molecular complexity index is 1140. The summed E-state index contributed by atoms with van der Waals surface area (Å²) in [5, 5.41) is 3.39. The standard InChI is InChI=1S/C28H30N4/c1-20(2)32-15-12-25(13-16-32)28-10-9-27(19-30-28)31-22(4)17-23-5-7-24(8-6-23)26-11-14-29-21(3)18-26/h5-12,14,18-19,31H,1,4,13,15-17H2,2-3H3. The second-order valence-corrected chi connectivity index (χ2v) is 8.38. The van der Waals surface area contributed by atoms with Gasteiger partial charge in [0.05, 0.1) is 17.6 Å². The summed E-state index contributed by atoms with van der Waals surface area (Å²) < 4.78 is 0. The third-order valence-corrected chi connectivity index (χ3v) is 5.76. The molecule has 0 saturated carbocycles. The highest BCUT2D eigenvalue weighted by atomic mass is 15.1. The minimum Gasteiger partial charge on any atom is -0.371 e. The smallest absolute Gasteiger partial charge is 0.0661 e. The number of pyridine rings is 2. The van der Waals surface area contributed by atoms with Crippen LogP contribution in [-0.4, -0.2) is 28.0 Å². The van der Waals surface area contributed by atoms with Gasteiger partial charge in [0.1, 0.15) is 0 Å². The molecule has 0 aliphatic carbocycles. The van der Waals surface area contributed by atoms with E-state index in [-0.39, 0.29) is 0 Å². The van der Waals surface area contributed by atoms with Gasteiger partial charge in [-0.3, -0.25) is 9.97 Å². The van der Waals surface area contributed by atoms with Crippen LogP contribution < -0.4 is 5.32 Å². The van der Waals surface area contributed by atoms with Crippen LogP contribution in [0, 0.1) is 6.92 Å². The van der Waals surface area contributed by atoms with E-state index < -0.39 is 0 Å². The molecule has 4 nitrogen and oxygen atoms in total. The van der Waals surface area contributed by atoms with Crippen molar-refractivity contribution in [2.24, 2.45) is 0 Å². The fourth-order valence-corrected chi connectivity index (χ4v) is 3.94. The van der Waals surface area contributed by atoms with Crippen LogP contribution in [0.3, 0.4) is 0 Å². The molecule has 0 bridgehead atoms. The predicted molar refractivity (Wildman–Crippen MR) is 134 cm³/mol. The van der Waals surface area contributed by atoms with Gasteiger partial charge in [-0.1, -0.05) is 43.5 Å². The number of hydrogen-bond acceptors (Lipinski definition) is 4. The van der Waals surface area contributed by atoms with Crippen LogP contribution in [0.5, 0.6) is 0 Å². The molecular weight excluding hydrogens is 392 g/mol. The number of anilines is 1. The van der Waals surface area contributed by atoms with Gasteiger partial charge in [-0.15, -0.1) is 0 Å². The van der Waals surface area contributed by atoms with Crippen molar-refractivity contribution in [1.82, 2.24) is 14.9 Å². The second-order valence-electron chi connectivity index (χ2n) is 8.38. The number of nitrogens with one attached hydrogen (secondary N) is 1. The number of benzene rings is 1. The van der Waals surface area contributed by atoms with E-state index in [2.05, 4.69) is 88.8 Å². The van der Waals surface area contributed by atoms with E-state index in [4.69, 9.17) is 0 Å². The van der Waals surface area contributed by atoms with Gasteiger partial charge in [-0.25, -0.2) is 0 Å². The van der Waals surface area contributed by atoms with Gasteiger partial charge in [0.15, 0.2) is 0 Å². The van der Waals surface area contributed by atoms with Crippen molar-refractivity contribution < 1.29 is 0 Å². The zero-order valence-electron chi connectivity index (χ0n) is 18.9. The van der Waals surface area contributed by atoms with Gasteiger partial charge in [0.25, 0.3) is 0 Å². The third kappa shape index (κ3) is 5.33. The molecule has 0 spiro atoms. The van der Waals surface area contributed by atoms with Crippen molar-refractivity contribution in [2.45, 2.75) is 26.7 Å². The van der Waals surface area contributed by atoms with E-state index in [1.165, 1.54) is 22.3 Å². The number of allylic oxidation sites excluding steroid dienone is 2. The highest BCUT2D eigenvalue weighted by Crippen LogP contribution is 2.24. The SMILES string of the molecule is C=C(Cc1ccc(-c2ccnc(C)c2)cc1)Nc1ccc(C2=CCN(C(=C)C)CC2)nc1. The summed E-state index contributed by atoms with van der Waals surface area (Å²) >= 11 is 0. The minimum atomic E-state index is 0.763. The lowest BCUT2D eigenvalue weighted by molar-refractivity contribution is 0.381. The van der Waals surface area contributed by atoms with E-state index in [1.54, 1.807) is 0 Å². The molecule has 4 heteroatoms. The number of aryl methyl sites for hydroxylation is 1. The van der Waals surface area contributed by atoms with Gasteiger partial charge in [0.2, 0.25) is 0 Å². The lowest BCUT2D eigenvalue weighted by atomic mass is 10.0. The molecule has 32 heavy (non-hydrogen) atoms. The highest BCUT2D eigenvalue weighted by Gasteiger charge is 2.13. The minimum absolute atomic E-state index is 0.763. The van der Waals surface area contributed by atoms with Crippen molar-refractivity contribution in [1.29, 1.82) is 0 Å². The first kappa shape index (κ1) is 21.6. The van der Waals surface area contributed by atoms with Crippen LogP contribution >= 0.6 is 0 Å². The van der Waals surface area contributed by atoms with Crippen molar-refractivity contribution in [2.75, 3.05) is 18.4 Å². The normalized spacial score (nSPS) is 13.4. The molecule has 2 aromatic heterocycles. The molecule has 1 aliphatic rings. The molecule has 1 aliphatic heterocycles. The molecule has 0 atom stereocenters. The van der Waals surface area contributed by atoms with Gasteiger partial charge in [-0.05, 0) is 66.8 Å². The number of rotatable bonds is 7. The number of hydrogen-bond donors (Lipinski definition) is 1. The van der Waals surface area contributed by atoms with Gasteiger partial charge >= 0.3 is 0 Å². The Morgan fingerprint density at radius 1 is 1.03 bits per heavy atom. The monoisotopic (exact) mass is 422 g/mol. The van der Waals surface area contributed by atoms with Crippen LogP contribution in [0.25, 0.3) is 16.7 Å². The van der Waals surface area contributed by atoms with Crippen LogP contribution in [0.2, 0.25) is 0 Å². The molecule has 3 aromatic rings. The lowest BCUT2D eigenvalue weighted by Gasteiger charge is -2.28. The first-order chi connectivity index (χ1) is 15.5. The maximum Gasteiger partial charge on any atom is 0.0661 e. The molecule has 0 amide bonds. The van der Waals surface area contributed by atoms with Crippen molar-refractivity contribution in [3.05, 3.63) is 109 Å². The molecule has 0 unspecified atom stereocenters. The van der Waals surface area contributed by atoms with E-state index in [0.717, 1.165) is 54.4 Å². The molecule has 4 rings (SSSR count). The van der Waals surface area contributed by atoms with Crippen LogP contribution in [0.15, 0.2) is 91.6 Å². The Morgan fingerprint density at radius 3 is 2.47 bits per heavy atom. The molecule has 0 saturated heterocycles. The first-order valence-corrected chi connectivity index (χ1v) is 11.0. The summed E-state index contributed by atoms with van der Waals surface area (Å²) in [5.74, 6) is 0. The summed E-state index contributed by atoms with van der Waals surface area (Å²) in [6, 6.07) is 16.9. The zero-order chi connectivity index (χ0) is 22.5. The van der Waals surface area contributed by atoms with Gasteiger partial charge in [-0.2, -0.15) is 0 Å². The average Bonchev–Trinajstić information content (AvgIpc) is 2.80. The molecule has 1 N–H and O–H groups in total. The van der Waals surface area contributed by atoms with E-state index in [1.807, 2.05) is 25.4 Å². The Labute approximate surface area is 191 Å². The molecule has 0 radical (unpaired) electrons. The van der Waals surface area contributed by atoms with Crippen LogP contribution in [-0.2, 0) is 6.42 Å². The topological polar surface area (TPSA) is 41.1 Å². The summed E-state index contributed by atoms with van der Waals surface area (Å²) in [7, 11) is 0. The fraction of sp³-hybridized carbons (Fsp3) is 0.214. The van der Waals surface area contributed by atoms with Crippen molar-refractivity contribution >= 4 is 11.3 Å². The predicted octanol–water partition coefficient (Wildman–Crippen LogP) is 6.24. The Morgan fingerprint density at radius 2 is 1.84 bits per heavy atom. The van der Waals surface area contributed by atoms with E-state index >= 15 is 0 Å². The summed E-state index contributed by atoms with van der Waals surface area (Å²) in [5.41, 5.74) is 10.0.